The largest absolute Gasteiger partial charge is 0.507 e. The molecule has 0 aliphatic heterocycles. The fourth-order valence-electron chi connectivity index (χ4n) is 2.01. The van der Waals surface area contributed by atoms with Crippen molar-refractivity contribution in [1.29, 1.82) is 0 Å². The highest BCUT2D eigenvalue weighted by Gasteiger charge is 2.16. The van der Waals surface area contributed by atoms with Crippen molar-refractivity contribution >= 4 is 5.91 Å². The second-order valence-corrected chi connectivity index (χ2v) is 4.74. The third-order valence-corrected chi connectivity index (χ3v) is 3.12. The third kappa shape index (κ3) is 2.96. The Labute approximate surface area is 117 Å². The summed E-state index contributed by atoms with van der Waals surface area (Å²) in [6.45, 7) is 3.53. The molecule has 1 unspecified atom stereocenters. The zero-order valence-electron chi connectivity index (χ0n) is 11.4. The van der Waals surface area contributed by atoms with E-state index in [9.17, 15) is 14.3 Å². The minimum absolute atomic E-state index is 0.0890. The second-order valence-electron chi connectivity index (χ2n) is 4.74. The normalized spacial score (nSPS) is 11.9. The number of nitrogens with one attached hydrogen (secondary N) is 1. The molecule has 0 fully saturated rings. The molecular formula is C16H16FNO2. The molecule has 0 heterocycles. The first-order chi connectivity index (χ1) is 9.49. The van der Waals surface area contributed by atoms with E-state index in [2.05, 4.69) is 5.32 Å². The van der Waals surface area contributed by atoms with Crippen LogP contribution in [-0.4, -0.2) is 11.0 Å². The van der Waals surface area contributed by atoms with Crippen LogP contribution in [0, 0.1) is 12.7 Å². The van der Waals surface area contributed by atoms with E-state index >= 15 is 0 Å². The summed E-state index contributed by atoms with van der Waals surface area (Å²) in [5.41, 5.74) is 1.47. The Hall–Kier alpha value is -2.36. The van der Waals surface area contributed by atoms with Gasteiger partial charge in [-0.15, -0.1) is 0 Å². The van der Waals surface area contributed by atoms with E-state index in [1.807, 2.05) is 6.92 Å². The number of amides is 1. The molecule has 104 valence electrons. The number of rotatable bonds is 3. The minimum atomic E-state index is -0.483. The lowest BCUT2D eigenvalue weighted by Gasteiger charge is -2.15. The molecule has 4 heteroatoms. The maximum Gasteiger partial charge on any atom is 0.255 e. The molecule has 0 saturated heterocycles. The lowest BCUT2D eigenvalue weighted by atomic mass is 10.1. The second kappa shape index (κ2) is 5.74. The van der Waals surface area contributed by atoms with Crippen molar-refractivity contribution < 1.29 is 14.3 Å². The monoisotopic (exact) mass is 273 g/mol. The van der Waals surface area contributed by atoms with Crippen LogP contribution in [0.25, 0.3) is 0 Å². The summed E-state index contributed by atoms with van der Waals surface area (Å²) in [6, 6.07) is 10.6. The number of carbonyl (C=O) groups is 1. The summed E-state index contributed by atoms with van der Waals surface area (Å²) in [4.78, 5) is 12.1. The molecule has 0 spiro atoms. The summed E-state index contributed by atoms with van der Waals surface area (Å²) in [7, 11) is 0. The lowest BCUT2D eigenvalue weighted by molar-refractivity contribution is 0.0936. The van der Waals surface area contributed by atoms with Crippen molar-refractivity contribution in [2.75, 3.05) is 0 Å². The summed E-state index contributed by atoms with van der Waals surface area (Å²) >= 11 is 0. The molecule has 1 atom stereocenters. The molecule has 0 aliphatic carbocycles. The van der Waals surface area contributed by atoms with Gasteiger partial charge in [-0.3, -0.25) is 4.79 Å². The topological polar surface area (TPSA) is 49.3 Å². The lowest BCUT2D eigenvalue weighted by Crippen LogP contribution is -2.27. The fourth-order valence-corrected chi connectivity index (χ4v) is 2.01. The number of halogens is 1. The Morgan fingerprint density at radius 3 is 2.65 bits per heavy atom. The zero-order chi connectivity index (χ0) is 14.7. The zero-order valence-corrected chi connectivity index (χ0v) is 11.4. The molecule has 0 aliphatic rings. The number of benzene rings is 2. The molecule has 2 N–H and O–H groups in total. The highest BCUT2D eigenvalue weighted by atomic mass is 19.1. The van der Waals surface area contributed by atoms with Gasteiger partial charge in [0, 0.05) is 5.56 Å². The Balaban J connectivity index is 2.20. The summed E-state index contributed by atoms with van der Waals surface area (Å²) in [5, 5.41) is 12.4. The summed E-state index contributed by atoms with van der Waals surface area (Å²) in [6.07, 6.45) is 0. The predicted molar refractivity (Wildman–Crippen MR) is 75.1 cm³/mol. The van der Waals surface area contributed by atoms with Gasteiger partial charge in [0.1, 0.15) is 11.6 Å². The van der Waals surface area contributed by atoms with Gasteiger partial charge < -0.3 is 10.4 Å². The Morgan fingerprint density at radius 1 is 1.25 bits per heavy atom. The van der Waals surface area contributed by atoms with Gasteiger partial charge in [0.2, 0.25) is 0 Å². The highest BCUT2D eigenvalue weighted by Crippen LogP contribution is 2.21. The average Bonchev–Trinajstić information content (AvgIpc) is 2.41. The smallest absolute Gasteiger partial charge is 0.255 e. The van der Waals surface area contributed by atoms with Crippen molar-refractivity contribution in [2.24, 2.45) is 0 Å². The molecule has 3 nitrogen and oxygen atoms in total. The van der Waals surface area contributed by atoms with Crippen LogP contribution in [-0.2, 0) is 0 Å². The predicted octanol–water partition coefficient (Wildman–Crippen LogP) is 3.33. The number of hydrogen-bond acceptors (Lipinski definition) is 2. The van der Waals surface area contributed by atoms with Gasteiger partial charge in [0.15, 0.2) is 0 Å². The van der Waals surface area contributed by atoms with Crippen LogP contribution in [0.2, 0.25) is 0 Å². The van der Waals surface area contributed by atoms with Gasteiger partial charge in [-0.1, -0.05) is 29.8 Å². The van der Waals surface area contributed by atoms with Gasteiger partial charge in [-0.05, 0) is 32.0 Å². The van der Waals surface area contributed by atoms with Crippen LogP contribution in [0.15, 0.2) is 42.5 Å². The standard InChI is InChI=1S/C16H16FNO2/c1-10-7-8-15(19)13(9-10)16(20)18-11(2)12-5-3-4-6-14(12)17/h3-9,11,19H,1-2H3,(H,18,20). The maximum atomic E-state index is 13.6. The van der Waals surface area contributed by atoms with Gasteiger partial charge in [-0.25, -0.2) is 4.39 Å². The van der Waals surface area contributed by atoms with Crippen molar-refractivity contribution in [1.82, 2.24) is 5.32 Å². The summed E-state index contributed by atoms with van der Waals surface area (Å²) < 4.78 is 13.6. The van der Waals surface area contributed by atoms with E-state index in [1.165, 1.54) is 12.1 Å². The number of aryl methyl sites for hydroxylation is 1. The van der Waals surface area contributed by atoms with Gasteiger partial charge >= 0.3 is 0 Å². The number of phenols is 1. The first-order valence-corrected chi connectivity index (χ1v) is 6.34. The molecule has 0 radical (unpaired) electrons. The summed E-state index contributed by atoms with van der Waals surface area (Å²) in [5.74, 6) is -0.885. The van der Waals surface area contributed by atoms with Gasteiger partial charge in [0.05, 0.1) is 11.6 Å². The molecule has 2 aromatic rings. The quantitative estimate of drug-likeness (QED) is 0.901. The van der Waals surface area contributed by atoms with E-state index in [0.29, 0.717) is 5.56 Å². The SMILES string of the molecule is Cc1ccc(O)c(C(=O)NC(C)c2ccccc2F)c1. The van der Waals surface area contributed by atoms with E-state index in [1.54, 1.807) is 37.3 Å². The van der Waals surface area contributed by atoms with Crippen LogP contribution in [0.5, 0.6) is 5.75 Å². The molecule has 20 heavy (non-hydrogen) atoms. The Morgan fingerprint density at radius 2 is 1.95 bits per heavy atom. The fraction of sp³-hybridized carbons (Fsp3) is 0.188. The molecule has 0 saturated carbocycles. The number of phenolic OH excluding ortho intramolecular Hbond substituents is 1. The first-order valence-electron chi connectivity index (χ1n) is 6.34. The van der Waals surface area contributed by atoms with Gasteiger partial charge in [0.25, 0.3) is 5.91 Å². The van der Waals surface area contributed by atoms with Crippen LogP contribution in [0.4, 0.5) is 4.39 Å². The number of aromatic hydroxyl groups is 1. The average molecular weight is 273 g/mol. The Bertz CT molecular complexity index is 640. The molecule has 0 bridgehead atoms. The third-order valence-electron chi connectivity index (χ3n) is 3.12. The van der Waals surface area contributed by atoms with E-state index < -0.39 is 11.9 Å². The van der Waals surface area contributed by atoms with Gasteiger partial charge in [-0.2, -0.15) is 0 Å². The van der Waals surface area contributed by atoms with E-state index in [-0.39, 0.29) is 17.1 Å². The van der Waals surface area contributed by atoms with E-state index in [4.69, 9.17) is 0 Å². The highest BCUT2D eigenvalue weighted by molar-refractivity contribution is 5.97. The van der Waals surface area contributed by atoms with Crippen molar-refractivity contribution in [3.63, 3.8) is 0 Å². The maximum absolute atomic E-state index is 13.6. The van der Waals surface area contributed by atoms with Crippen molar-refractivity contribution in [3.8, 4) is 5.75 Å². The minimum Gasteiger partial charge on any atom is -0.507 e. The number of carbonyl (C=O) groups excluding carboxylic acids is 1. The Kier molecular flexibility index (Phi) is 4.03. The molecular weight excluding hydrogens is 257 g/mol. The molecule has 2 aromatic carbocycles. The van der Waals surface area contributed by atoms with Crippen molar-refractivity contribution in [2.45, 2.75) is 19.9 Å². The molecule has 1 amide bonds. The van der Waals surface area contributed by atoms with E-state index in [0.717, 1.165) is 5.56 Å². The first kappa shape index (κ1) is 14.1. The van der Waals surface area contributed by atoms with Crippen LogP contribution in [0.1, 0.15) is 34.5 Å². The molecule has 2 rings (SSSR count). The van der Waals surface area contributed by atoms with Crippen LogP contribution in [0.3, 0.4) is 0 Å². The van der Waals surface area contributed by atoms with Crippen molar-refractivity contribution in [3.05, 3.63) is 65.0 Å². The van der Waals surface area contributed by atoms with Crippen LogP contribution >= 0.6 is 0 Å². The number of hydrogen-bond donors (Lipinski definition) is 2. The van der Waals surface area contributed by atoms with Crippen LogP contribution < -0.4 is 5.32 Å². The molecule has 0 aromatic heterocycles.